The van der Waals surface area contributed by atoms with Crippen molar-refractivity contribution in [2.75, 3.05) is 0 Å². The smallest absolute Gasteiger partial charge is 0.305 e. The van der Waals surface area contributed by atoms with Crippen LogP contribution in [0.3, 0.4) is 0 Å². The Kier molecular flexibility index (Phi) is 12.6. The molecular weight excluding hydrogens is 452 g/mol. The Morgan fingerprint density at radius 2 is 1.34 bits per heavy atom. The summed E-state index contributed by atoms with van der Waals surface area (Å²) < 4.78 is 0. The first-order chi connectivity index (χ1) is 16.4. The van der Waals surface area contributed by atoms with Gasteiger partial charge in [-0.05, 0) is 36.7 Å². The summed E-state index contributed by atoms with van der Waals surface area (Å²) in [7, 11) is 0. The molecule has 6 N–H and O–H groups in total. The third-order valence-electron chi connectivity index (χ3n) is 5.20. The molecule has 0 aliphatic heterocycles. The molecule has 0 aliphatic rings. The minimum atomic E-state index is -1.31. The van der Waals surface area contributed by atoms with Crippen LogP contribution < -0.4 is 21.7 Å². The Hall–Kier alpha value is -3.27. The molecular formula is C25H38N4O6. The van der Waals surface area contributed by atoms with E-state index in [1.807, 2.05) is 58.0 Å². The van der Waals surface area contributed by atoms with Crippen LogP contribution in [0, 0.1) is 11.8 Å². The first-order valence-electron chi connectivity index (χ1n) is 11.8. The Labute approximate surface area is 206 Å². The van der Waals surface area contributed by atoms with E-state index in [-0.39, 0.29) is 18.3 Å². The van der Waals surface area contributed by atoms with Crippen molar-refractivity contribution >= 4 is 30.0 Å². The number of benzene rings is 1. The lowest BCUT2D eigenvalue weighted by Gasteiger charge is -2.26. The molecule has 0 spiro atoms. The van der Waals surface area contributed by atoms with Crippen molar-refractivity contribution in [1.29, 1.82) is 0 Å². The molecule has 0 radical (unpaired) electrons. The molecule has 1 aromatic rings. The summed E-state index contributed by atoms with van der Waals surface area (Å²) in [5, 5.41) is 16.8. The zero-order chi connectivity index (χ0) is 26.5. The van der Waals surface area contributed by atoms with Crippen LogP contribution in [0.15, 0.2) is 30.3 Å². The predicted octanol–water partition coefficient (Wildman–Crippen LogP) is 0.777. The third-order valence-corrected chi connectivity index (χ3v) is 5.20. The number of hydrogen-bond donors (Lipinski definition) is 5. The average molecular weight is 491 g/mol. The maximum absolute atomic E-state index is 13.1. The second kappa shape index (κ2) is 14.9. The number of carboxylic acids is 1. The Morgan fingerprint density at radius 3 is 1.80 bits per heavy atom. The van der Waals surface area contributed by atoms with Crippen LogP contribution >= 0.6 is 0 Å². The number of rotatable bonds is 15. The lowest BCUT2D eigenvalue weighted by Crippen LogP contribution is -2.57. The molecule has 4 atom stereocenters. The molecule has 0 aromatic heterocycles. The predicted molar refractivity (Wildman–Crippen MR) is 131 cm³/mol. The van der Waals surface area contributed by atoms with Crippen molar-refractivity contribution in [2.45, 2.75) is 77.5 Å². The van der Waals surface area contributed by atoms with Crippen molar-refractivity contribution < 1.29 is 29.1 Å². The van der Waals surface area contributed by atoms with E-state index < -0.39 is 54.3 Å². The van der Waals surface area contributed by atoms with Gasteiger partial charge in [-0.2, -0.15) is 0 Å². The zero-order valence-electron chi connectivity index (χ0n) is 20.8. The van der Waals surface area contributed by atoms with Crippen LogP contribution in [0.4, 0.5) is 0 Å². The minimum Gasteiger partial charge on any atom is -0.481 e. The summed E-state index contributed by atoms with van der Waals surface area (Å²) in [5.74, 6) is -3.01. The number of hydrogen-bond acceptors (Lipinski definition) is 6. The minimum absolute atomic E-state index is 0.0180. The molecule has 0 saturated carbocycles. The summed E-state index contributed by atoms with van der Waals surface area (Å²) in [4.78, 5) is 60.9. The van der Waals surface area contributed by atoms with Gasteiger partial charge >= 0.3 is 5.97 Å². The summed E-state index contributed by atoms with van der Waals surface area (Å²) in [6.07, 6.45) is 0.971. The van der Waals surface area contributed by atoms with Gasteiger partial charge in [0.25, 0.3) is 0 Å². The zero-order valence-corrected chi connectivity index (χ0v) is 20.8. The largest absolute Gasteiger partial charge is 0.481 e. The second-order valence-electron chi connectivity index (χ2n) is 9.53. The number of carbonyl (C=O) groups excluding carboxylic acids is 4. The van der Waals surface area contributed by atoms with Crippen LogP contribution in [0.5, 0.6) is 0 Å². The number of nitrogens with two attached hydrogens (primary N) is 1. The molecule has 10 heteroatoms. The number of aldehydes is 1. The van der Waals surface area contributed by atoms with E-state index in [1.165, 1.54) is 0 Å². The first-order valence-corrected chi connectivity index (χ1v) is 11.8. The van der Waals surface area contributed by atoms with Gasteiger partial charge in [0, 0.05) is 0 Å². The fourth-order valence-electron chi connectivity index (χ4n) is 3.52. The number of carboxylic acid groups (broad SMARTS) is 1. The molecule has 0 heterocycles. The van der Waals surface area contributed by atoms with Gasteiger partial charge < -0.3 is 31.6 Å². The number of aliphatic carboxylic acids is 1. The fraction of sp³-hybridized carbons (Fsp3) is 0.560. The van der Waals surface area contributed by atoms with Crippen LogP contribution in [0.25, 0.3) is 0 Å². The van der Waals surface area contributed by atoms with Gasteiger partial charge in [-0.1, -0.05) is 58.0 Å². The van der Waals surface area contributed by atoms with Crippen molar-refractivity contribution in [1.82, 2.24) is 16.0 Å². The van der Waals surface area contributed by atoms with E-state index in [9.17, 15) is 24.0 Å². The third kappa shape index (κ3) is 11.6. The Balaban J connectivity index is 2.94. The molecule has 0 aliphatic carbocycles. The highest BCUT2D eigenvalue weighted by Gasteiger charge is 2.30. The highest BCUT2D eigenvalue weighted by Crippen LogP contribution is 2.10. The van der Waals surface area contributed by atoms with E-state index in [0.29, 0.717) is 19.1 Å². The highest BCUT2D eigenvalue weighted by atomic mass is 16.4. The first kappa shape index (κ1) is 29.8. The molecule has 0 fully saturated rings. The molecule has 35 heavy (non-hydrogen) atoms. The Bertz CT molecular complexity index is 859. The van der Waals surface area contributed by atoms with Gasteiger partial charge in [0.05, 0.1) is 18.5 Å². The van der Waals surface area contributed by atoms with Crippen LogP contribution in [-0.4, -0.2) is 59.3 Å². The molecule has 0 unspecified atom stereocenters. The van der Waals surface area contributed by atoms with Crippen molar-refractivity contribution in [3.8, 4) is 0 Å². The normalized spacial score (nSPS) is 14.5. The van der Waals surface area contributed by atoms with Crippen LogP contribution in [-0.2, 0) is 30.4 Å². The van der Waals surface area contributed by atoms with Gasteiger partial charge in [0.2, 0.25) is 17.7 Å². The maximum atomic E-state index is 13.1. The van der Waals surface area contributed by atoms with Crippen LogP contribution in [0.1, 0.15) is 52.5 Å². The van der Waals surface area contributed by atoms with Crippen molar-refractivity contribution in [3.63, 3.8) is 0 Å². The van der Waals surface area contributed by atoms with Crippen molar-refractivity contribution in [3.05, 3.63) is 35.9 Å². The monoisotopic (exact) mass is 490 g/mol. The lowest BCUT2D eigenvalue weighted by molar-refractivity contribution is -0.140. The van der Waals surface area contributed by atoms with E-state index in [1.54, 1.807) is 0 Å². The Morgan fingerprint density at radius 1 is 0.857 bits per heavy atom. The second-order valence-corrected chi connectivity index (χ2v) is 9.53. The number of nitrogens with one attached hydrogen (secondary N) is 3. The molecule has 1 aromatic carbocycles. The topological polar surface area (TPSA) is 168 Å². The van der Waals surface area contributed by atoms with Gasteiger partial charge in [0.15, 0.2) is 0 Å². The summed E-state index contributed by atoms with van der Waals surface area (Å²) in [6.45, 7) is 7.51. The van der Waals surface area contributed by atoms with Gasteiger partial charge in [-0.25, -0.2) is 0 Å². The van der Waals surface area contributed by atoms with Crippen molar-refractivity contribution in [2.24, 2.45) is 17.6 Å². The standard InChI is InChI=1S/C25H38N4O6/c1-15(2)10-20(24(34)27-18(14-30)12-17-8-6-5-7-9-17)29-25(35)21(11-16(3)4)28-23(33)19(26)13-22(31)32/h5-9,14-16,18-21H,10-13,26H2,1-4H3,(H,27,34)(H,28,33)(H,29,35)(H,31,32)/t18-,19-,20-,21-/m0/s1. The molecule has 1 rings (SSSR count). The molecule has 10 nitrogen and oxygen atoms in total. The summed E-state index contributed by atoms with van der Waals surface area (Å²) in [5.41, 5.74) is 6.51. The summed E-state index contributed by atoms with van der Waals surface area (Å²) in [6, 6.07) is 5.23. The quantitative estimate of drug-likeness (QED) is 0.226. The van der Waals surface area contributed by atoms with E-state index in [4.69, 9.17) is 10.8 Å². The number of carbonyl (C=O) groups is 5. The van der Waals surface area contributed by atoms with E-state index in [2.05, 4.69) is 16.0 Å². The maximum Gasteiger partial charge on any atom is 0.305 e. The van der Waals surface area contributed by atoms with Gasteiger partial charge in [-0.3, -0.25) is 19.2 Å². The highest BCUT2D eigenvalue weighted by molar-refractivity contribution is 5.94. The molecule has 0 bridgehead atoms. The molecule has 0 saturated heterocycles. The molecule has 3 amide bonds. The van der Waals surface area contributed by atoms with Gasteiger partial charge in [0.1, 0.15) is 18.4 Å². The average Bonchev–Trinajstić information content (AvgIpc) is 2.77. The fourth-order valence-corrected chi connectivity index (χ4v) is 3.52. The van der Waals surface area contributed by atoms with E-state index >= 15 is 0 Å². The molecule has 194 valence electrons. The number of amides is 3. The van der Waals surface area contributed by atoms with Crippen LogP contribution in [0.2, 0.25) is 0 Å². The van der Waals surface area contributed by atoms with E-state index in [0.717, 1.165) is 5.56 Å². The van der Waals surface area contributed by atoms with Gasteiger partial charge in [-0.15, -0.1) is 0 Å². The summed E-state index contributed by atoms with van der Waals surface area (Å²) >= 11 is 0. The lowest BCUT2D eigenvalue weighted by atomic mass is 9.99. The SMILES string of the molecule is CC(C)C[C@H](NC(=O)[C@H](CC(C)C)NC(=O)[C@@H](N)CC(=O)O)C(=O)N[C@H](C=O)Cc1ccccc1.